The number of hydrogen-bond acceptors (Lipinski definition) is 6. The molecule has 0 aliphatic carbocycles. The number of ketones is 1. The summed E-state index contributed by atoms with van der Waals surface area (Å²) in [6, 6.07) is 7.01. The first kappa shape index (κ1) is 18.7. The Balaban J connectivity index is 2.08. The van der Waals surface area contributed by atoms with Gasteiger partial charge in [0.05, 0.1) is 0 Å². The van der Waals surface area contributed by atoms with Gasteiger partial charge in [-0.25, -0.2) is 0 Å². The highest BCUT2D eigenvalue weighted by atomic mass is 16.3. The van der Waals surface area contributed by atoms with Crippen LogP contribution < -0.4 is 0 Å². The zero-order valence-corrected chi connectivity index (χ0v) is 13.9. The summed E-state index contributed by atoms with van der Waals surface area (Å²) in [6.07, 6.45) is 6.42. The van der Waals surface area contributed by atoms with Gasteiger partial charge in [-0.3, -0.25) is 4.79 Å². The number of benzene rings is 2. The second-order valence-corrected chi connectivity index (χ2v) is 5.53. The summed E-state index contributed by atoms with van der Waals surface area (Å²) in [4.78, 5) is 11.9. The number of phenolic OH excluding ortho intramolecular Hbond substituents is 4. The van der Waals surface area contributed by atoms with Crippen LogP contribution in [0.1, 0.15) is 16.7 Å². The fourth-order valence-electron chi connectivity index (χ4n) is 2.12. The Labute approximate surface area is 149 Å². The quantitative estimate of drug-likeness (QED) is 0.242. The van der Waals surface area contributed by atoms with Gasteiger partial charge in [0.1, 0.15) is 5.76 Å². The van der Waals surface area contributed by atoms with Crippen molar-refractivity contribution in [2.75, 3.05) is 0 Å². The van der Waals surface area contributed by atoms with E-state index in [-0.39, 0.29) is 28.8 Å². The monoisotopic (exact) mass is 354 g/mol. The van der Waals surface area contributed by atoms with Gasteiger partial charge >= 0.3 is 0 Å². The molecule has 0 saturated carbocycles. The third kappa shape index (κ3) is 4.67. The van der Waals surface area contributed by atoms with E-state index in [0.29, 0.717) is 16.7 Å². The first-order valence-electron chi connectivity index (χ1n) is 7.62. The van der Waals surface area contributed by atoms with Crippen LogP contribution in [-0.2, 0) is 4.79 Å². The minimum atomic E-state index is -0.479. The maximum Gasteiger partial charge on any atom is 0.182 e. The number of hydrogen-bond donors (Lipinski definition) is 5. The second kappa shape index (κ2) is 7.94. The summed E-state index contributed by atoms with van der Waals surface area (Å²) in [6.45, 7) is 1.60. The number of rotatable bonds is 5. The van der Waals surface area contributed by atoms with Crippen LogP contribution >= 0.6 is 0 Å². The van der Waals surface area contributed by atoms with Crippen molar-refractivity contribution < 1.29 is 30.3 Å². The zero-order valence-electron chi connectivity index (χ0n) is 13.9. The molecule has 0 heterocycles. The molecule has 0 fully saturated rings. The second-order valence-electron chi connectivity index (χ2n) is 5.53. The fourth-order valence-corrected chi connectivity index (χ4v) is 2.12. The summed E-state index contributed by atoms with van der Waals surface area (Å²) in [7, 11) is 0. The van der Waals surface area contributed by atoms with Crippen LogP contribution in [0.25, 0.3) is 12.2 Å². The Bertz CT molecular complexity index is 922. The topological polar surface area (TPSA) is 118 Å². The number of aliphatic hydroxyl groups is 1. The molecule has 5 N–H and O–H groups in total. The molecule has 26 heavy (non-hydrogen) atoms. The van der Waals surface area contributed by atoms with E-state index in [1.165, 1.54) is 48.6 Å². The third-order valence-corrected chi connectivity index (χ3v) is 3.61. The van der Waals surface area contributed by atoms with Crippen LogP contribution in [0, 0.1) is 6.92 Å². The number of aromatic hydroxyl groups is 4. The summed E-state index contributed by atoms with van der Waals surface area (Å²) < 4.78 is 0. The van der Waals surface area contributed by atoms with Gasteiger partial charge in [0.2, 0.25) is 0 Å². The van der Waals surface area contributed by atoms with Gasteiger partial charge in [0.15, 0.2) is 28.8 Å². The number of aliphatic hydroxyl groups excluding tert-OH is 1. The SMILES string of the molecule is Cc1c(/C=C/C(=O)/C=C(O)/C=C/c2ccc(O)c(O)c2)ccc(O)c1O. The Kier molecular flexibility index (Phi) is 5.70. The smallest absolute Gasteiger partial charge is 0.182 e. The molecule has 134 valence electrons. The van der Waals surface area contributed by atoms with Gasteiger partial charge in [-0.1, -0.05) is 24.3 Å². The van der Waals surface area contributed by atoms with Crippen molar-refractivity contribution >= 4 is 17.9 Å². The maximum atomic E-state index is 11.9. The van der Waals surface area contributed by atoms with Crippen LogP contribution in [0.2, 0.25) is 0 Å². The lowest BCUT2D eigenvalue weighted by Gasteiger charge is -2.04. The van der Waals surface area contributed by atoms with Crippen molar-refractivity contribution in [3.63, 3.8) is 0 Å². The van der Waals surface area contributed by atoms with E-state index in [1.54, 1.807) is 13.0 Å². The van der Waals surface area contributed by atoms with Gasteiger partial charge in [-0.2, -0.15) is 0 Å². The van der Waals surface area contributed by atoms with E-state index < -0.39 is 5.78 Å². The van der Waals surface area contributed by atoms with Crippen LogP contribution in [0.5, 0.6) is 23.0 Å². The highest BCUT2D eigenvalue weighted by molar-refractivity contribution is 6.02. The molecule has 0 aliphatic rings. The number of carbonyl (C=O) groups is 1. The summed E-state index contributed by atoms with van der Waals surface area (Å²) >= 11 is 0. The lowest BCUT2D eigenvalue weighted by molar-refractivity contribution is -0.110. The lowest BCUT2D eigenvalue weighted by Crippen LogP contribution is -1.89. The van der Waals surface area contributed by atoms with Crippen LogP contribution in [0.15, 0.2) is 54.3 Å². The van der Waals surface area contributed by atoms with Crippen molar-refractivity contribution in [2.24, 2.45) is 0 Å². The average Bonchev–Trinajstić information content (AvgIpc) is 2.60. The van der Waals surface area contributed by atoms with Gasteiger partial charge in [-0.05, 0) is 48.4 Å². The summed E-state index contributed by atoms with van der Waals surface area (Å²) in [5, 5.41) is 47.4. The molecular formula is C20H18O6. The van der Waals surface area contributed by atoms with Crippen LogP contribution in [-0.4, -0.2) is 31.3 Å². The molecule has 0 aliphatic heterocycles. The Morgan fingerprint density at radius 2 is 1.58 bits per heavy atom. The van der Waals surface area contributed by atoms with Gasteiger partial charge in [-0.15, -0.1) is 0 Å². The van der Waals surface area contributed by atoms with E-state index >= 15 is 0 Å². The molecular weight excluding hydrogens is 336 g/mol. The van der Waals surface area contributed by atoms with E-state index in [4.69, 9.17) is 0 Å². The lowest BCUT2D eigenvalue weighted by atomic mass is 10.1. The van der Waals surface area contributed by atoms with E-state index in [1.807, 2.05) is 0 Å². The molecule has 2 aromatic rings. The summed E-state index contributed by atoms with van der Waals surface area (Å²) in [5.41, 5.74) is 1.50. The van der Waals surface area contributed by atoms with Gasteiger partial charge < -0.3 is 25.5 Å². The molecule has 0 spiro atoms. The molecule has 0 bridgehead atoms. The predicted octanol–water partition coefficient (Wildman–Crippen LogP) is 3.56. The number of phenols is 4. The van der Waals surface area contributed by atoms with Crippen LogP contribution in [0.4, 0.5) is 0 Å². The Morgan fingerprint density at radius 1 is 0.885 bits per heavy atom. The molecule has 2 aromatic carbocycles. The maximum absolute atomic E-state index is 11.9. The zero-order chi connectivity index (χ0) is 19.3. The van der Waals surface area contributed by atoms with Crippen molar-refractivity contribution in [2.45, 2.75) is 6.92 Å². The number of carbonyl (C=O) groups excluding carboxylic acids is 1. The van der Waals surface area contributed by atoms with E-state index in [0.717, 1.165) is 6.08 Å². The minimum Gasteiger partial charge on any atom is -0.508 e. The summed E-state index contributed by atoms with van der Waals surface area (Å²) in [5.74, 6) is -1.81. The van der Waals surface area contributed by atoms with Crippen molar-refractivity contribution in [1.82, 2.24) is 0 Å². The molecule has 0 saturated heterocycles. The molecule has 0 unspecified atom stereocenters. The number of allylic oxidation sites excluding steroid dienone is 3. The molecule has 0 amide bonds. The van der Waals surface area contributed by atoms with E-state index in [9.17, 15) is 30.3 Å². The highest BCUT2D eigenvalue weighted by Crippen LogP contribution is 2.31. The van der Waals surface area contributed by atoms with Gasteiger partial charge in [0, 0.05) is 11.6 Å². The Morgan fingerprint density at radius 3 is 2.27 bits per heavy atom. The molecule has 6 heteroatoms. The van der Waals surface area contributed by atoms with Crippen molar-refractivity contribution in [1.29, 1.82) is 0 Å². The van der Waals surface area contributed by atoms with Gasteiger partial charge in [0.25, 0.3) is 0 Å². The van der Waals surface area contributed by atoms with Crippen molar-refractivity contribution in [3.05, 3.63) is 71.0 Å². The minimum absolute atomic E-state index is 0.242. The van der Waals surface area contributed by atoms with Crippen molar-refractivity contribution in [3.8, 4) is 23.0 Å². The molecule has 6 nitrogen and oxygen atoms in total. The third-order valence-electron chi connectivity index (χ3n) is 3.61. The largest absolute Gasteiger partial charge is 0.508 e. The molecule has 2 rings (SSSR count). The molecule has 0 radical (unpaired) electrons. The van der Waals surface area contributed by atoms with Crippen LogP contribution in [0.3, 0.4) is 0 Å². The molecule has 0 atom stereocenters. The average molecular weight is 354 g/mol. The predicted molar refractivity (Wildman–Crippen MR) is 98.1 cm³/mol. The first-order valence-corrected chi connectivity index (χ1v) is 7.62. The standard InChI is InChI=1S/C20H18O6/c1-12-14(5-9-18(24)20(12)26)4-7-16(22)11-15(21)6-2-13-3-8-17(23)19(25)10-13/h2-11,21,23-26H,1H3/b6-2+,7-4+,15-11-. The first-order chi connectivity index (χ1) is 12.3. The normalized spacial score (nSPS) is 12.1. The van der Waals surface area contributed by atoms with E-state index in [2.05, 4.69) is 0 Å². The Hall–Kier alpha value is -3.67. The highest BCUT2D eigenvalue weighted by Gasteiger charge is 2.06. The molecule has 0 aromatic heterocycles. The fraction of sp³-hybridized carbons (Fsp3) is 0.0500.